The minimum Gasteiger partial charge on any atom is -0.338 e. The second-order valence-corrected chi connectivity index (χ2v) is 7.17. The number of hydrogen-bond acceptors (Lipinski definition) is 6. The Bertz CT molecular complexity index is 810. The molecule has 2 aliphatic heterocycles. The van der Waals surface area contributed by atoms with Crippen molar-refractivity contribution >= 4 is 22.6 Å². The number of pyridine rings is 1. The van der Waals surface area contributed by atoms with Crippen LogP contribution < -0.4 is 0 Å². The Morgan fingerprint density at radius 2 is 2.08 bits per heavy atom. The number of non-ortho nitro benzene ring substituents is 1. The van der Waals surface area contributed by atoms with E-state index in [2.05, 4.69) is 16.8 Å². The summed E-state index contributed by atoms with van der Waals surface area (Å²) in [4.78, 5) is 22.4. The van der Waals surface area contributed by atoms with Crippen molar-refractivity contribution in [2.45, 2.75) is 31.5 Å². The van der Waals surface area contributed by atoms with Gasteiger partial charge in [-0.15, -0.1) is 0 Å². The standard InChI is InChI=1S/C18H18N4O2S/c1-2-13-11-25-18-20-16(15-5-3-4-10-19-15)17(21(13)18)12-6-8-14(9-7-12)22(23)24/h3-10,13,16-17H,2,11H2,1H3/t13-,16-,17+/m0/s1. The van der Waals surface area contributed by atoms with Gasteiger partial charge in [-0.25, -0.2) is 0 Å². The van der Waals surface area contributed by atoms with Crippen molar-refractivity contribution in [2.75, 3.05) is 5.75 Å². The fourth-order valence-electron chi connectivity index (χ4n) is 3.50. The maximum Gasteiger partial charge on any atom is 0.269 e. The van der Waals surface area contributed by atoms with Crippen molar-refractivity contribution in [3.05, 3.63) is 70.0 Å². The van der Waals surface area contributed by atoms with E-state index in [1.165, 1.54) is 0 Å². The third-order valence-corrected chi connectivity index (χ3v) is 5.90. The number of rotatable bonds is 4. The molecule has 7 heteroatoms. The second-order valence-electron chi connectivity index (χ2n) is 6.18. The first-order chi connectivity index (χ1) is 12.2. The molecule has 25 heavy (non-hydrogen) atoms. The first-order valence-corrected chi connectivity index (χ1v) is 9.32. The van der Waals surface area contributed by atoms with Crippen molar-refractivity contribution in [2.24, 2.45) is 4.99 Å². The van der Waals surface area contributed by atoms with E-state index >= 15 is 0 Å². The monoisotopic (exact) mass is 354 g/mol. The van der Waals surface area contributed by atoms with E-state index in [9.17, 15) is 10.1 Å². The van der Waals surface area contributed by atoms with Crippen molar-refractivity contribution < 1.29 is 4.92 Å². The first-order valence-electron chi connectivity index (χ1n) is 8.33. The van der Waals surface area contributed by atoms with E-state index in [0.29, 0.717) is 6.04 Å². The zero-order chi connectivity index (χ0) is 17.4. The molecular weight excluding hydrogens is 336 g/mol. The molecular formula is C18H18N4O2S. The summed E-state index contributed by atoms with van der Waals surface area (Å²) in [5.74, 6) is 1.04. The summed E-state index contributed by atoms with van der Waals surface area (Å²) >= 11 is 1.79. The molecule has 0 aliphatic carbocycles. The summed E-state index contributed by atoms with van der Waals surface area (Å²) in [6.45, 7) is 2.19. The van der Waals surface area contributed by atoms with E-state index in [0.717, 1.165) is 28.6 Å². The molecule has 6 nitrogen and oxygen atoms in total. The van der Waals surface area contributed by atoms with Gasteiger partial charge in [0.1, 0.15) is 6.04 Å². The highest BCUT2D eigenvalue weighted by atomic mass is 32.2. The smallest absolute Gasteiger partial charge is 0.269 e. The van der Waals surface area contributed by atoms with Gasteiger partial charge in [0.2, 0.25) is 0 Å². The van der Waals surface area contributed by atoms with Gasteiger partial charge >= 0.3 is 0 Å². The van der Waals surface area contributed by atoms with Crippen molar-refractivity contribution in [3.8, 4) is 0 Å². The molecule has 4 rings (SSSR count). The molecule has 1 fully saturated rings. The molecule has 0 amide bonds. The highest BCUT2D eigenvalue weighted by Gasteiger charge is 2.45. The fourth-order valence-corrected chi connectivity index (χ4v) is 4.84. The Labute approximate surface area is 150 Å². The molecule has 0 bridgehead atoms. The highest BCUT2D eigenvalue weighted by Crippen LogP contribution is 2.48. The lowest BCUT2D eigenvalue weighted by atomic mass is 9.95. The van der Waals surface area contributed by atoms with Crippen molar-refractivity contribution in [1.29, 1.82) is 0 Å². The number of aromatic nitrogens is 1. The molecule has 2 aromatic rings. The van der Waals surface area contributed by atoms with Crippen LogP contribution in [0.3, 0.4) is 0 Å². The average molecular weight is 354 g/mol. The number of nitrogens with zero attached hydrogens (tertiary/aromatic N) is 4. The molecule has 1 aromatic carbocycles. The number of nitro benzene ring substituents is 1. The lowest BCUT2D eigenvalue weighted by Gasteiger charge is -2.31. The minimum atomic E-state index is -0.364. The van der Waals surface area contributed by atoms with E-state index in [4.69, 9.17) is 4.99 Å². The van der Waals surface area contributed by atoms with Gasteiger partial charge in [0.05, 0.1) is 16.7 Å². The fraction of sp³-hybridized carbons (Fsp3) is 0.333. The number of benzene rings is 1. The van der Waals surface area contributed by atoms with Gasteiger partial charge in [-0.1, -0.05) is 36.9 Å². The lowest BCUT2D eigenvalue weighted by molar-refractivity contribution is -0.384. The van der Waals surface area contributed by atoms with Gasteiger partial charge in [-0.3, -0.25) is 20.1 Å². The Morgan fingerprint density at radius 1 is 1.28 bits per heavy atom. The molecule has 128 valence electrons. The second kappa shape index (κ2) is 6.48. The number of hydrogen-bond donors (Lipinski definition) is 0. The average Bonchev–Trinajstić information content (AvgIpc) is 3.21. The van der Waals surface area contributed by atoms with Gasteiger partial charge in [-0.05, 0) is 24.1 Å². The minimum absolute atomic E-state index is 0.0330. The molecule has 0 radical (unpaired) electrons. The van der Waals surface area contributed by atoms with Gasteiger partial charge in [0.15, 0.2) is 5.17 Å². The topological polar surface area (TPSA) is 71.6 Å². The van der Waals surface area contributed by atoms with Crippen LogP contribution in [0.4, 0.5) is 5.69 Å². The Balaban J connectivity index is 1.76. The normalized spacial score (nSPS) is 24.9. The van der Waals surface area contributed by atoms with Crippen LogP contribution in [-0.2, 0) is 0 Å². The number of nitro groups is 1. The van der Waals surface area contributed by atoms with E-state index in [1.807, 2.05) is 30.3 Å². The highest BCUT2D eigenvalue weighted by molar-refractivity contribution is 8.14. The van der Waals surface area contributed by atoms with Gasteiger partial charge in [0.25, 0.3) is 5.69 Å². The lowest BCUT2D eigenvalue weighted by Crippen LogP contribution is -2.35. The third-order valence-electron chi connectivity index (χ3n) is 4.77. The maximum absolute atomic E-state index is 11.0. The predicted molar refractivity (Wildman–Crippen MR) is 98.6 cm³/mol. The third kappa shape index (κ3) is 2.78. The molecule has 3 heterocycles. The van der Waals surface area contributed by atoms with E-state index in [1.54, 1.807) is 30.1 Å². The van der Waals surface area contributed by atoms with Crippen LogP contribution in [0.15, 0.2) is 53.7 Å². The molecule has 0 spiro atoms. The summed E-state index contributed by atoms with van der Waals surface area (Å²) in [5.41, 5.74) is 2.09. The summed E-state index contributed by atoms with van der Waals surface area (Å²) in [6, 6.07) is 13.1. The van der Waals surface area contributed by atoms with Crippen LogP contribution in [0.2, 0.25) is 0 Å². The predicted octanol–water partition coefficient (Wildman–Crippen LogP) is 3.97. The van der Waals surface area contributed by atoms with Crippen LogP contribution in [-0.4, -0.2) is 31.8 Å². The summed E-state index contributed by atoms with van der Waals surface area (Å²) in [5, 5.41) is 12.0. The molecule has 3 atom stereocenters. The summed E-state index contributed by atoms with van der Waals surface area (Å²) < 4.78 is 0. The molecule has 0 N–H and O–H groups in total. The zero-order valence-corrected chi connectivity index (χ0v) is 14.6. The number of aliphatic imine (C=N–C) groups is 1. The molecule has 0 saturated carbocycles. The number of fused-ring (bicyclic) bond motifs is 1. The molecule has 1 saturated heterocycles. The molecule has 2 aliphatic rings. The number of amidine groups is 1. The van der Waals surface area contributed by atoms with Crippen molar-refractivity contribution in [1.82, 2.24) is 9.88 Å². The van der Waals surface area contributed by atoms with E-state index in [-0.39, 0.29) is 22.7 Å². The van der Waals surface area contributed by atoms with Gasteiger partial charge in [-0.2, -0.15) is 0 Å². The quantitative estimate of drug-likeness (QED) is 0.614. The van der Waals surface area contributed by atoms with Crippen molar-refractivity contribution in [3.63, 3.8) is 0 Å². The largest absolute Gasteiger partial charge is 0.338 e. The molecule has 0 unspecified atom stereocenters. The van der Waals surface area contributed by atoms with Gasteiger partial charge in [0, 0.05) is 30.1 Å². The van der Waals surface area contributed by atoms with Crippen LogP contribution in [0.5, 0.6) is 0 Å². The summed E-state index contributed by atoms with van der Waals surface area (Å²) in [6.07, 6.45) is 2.83. The van der Waals surface area contributed by atoms with Crippen LogP contribution in [0.25, 0.3) is 0 Å². The van der Waals surface area contributed by atoms with Crippen LogP contribution in [0.1, 0.15) is 36.7 Å². The Kier molecular flexibility index (Phi) is 4.17. The maximum atomic E-state index is 11.0. The molecule has 1 aromatic heterocycles. The first kappa shape index (κ1) is 16.1. The zero-order valence-electron chi connectivity index (χ0n) is 13.8. The Morgan fingerprint density at radius 3 is 2.72 bits per heavy atom. The number of thioether (sulfide) groups is 1. The van der Waals surface area contributed by atoms with E-state index < -0.39 is 0 Å². The van der Waals surface area contributed by atoms with Gasteiger partial charge < -0.3 is 4.90 Å². The van der Waals surface area contributed by atoms with Crippen LogP contribution in [0, 0.1) is 10.1 Å². The SMILES string of the molecule is CC[C@H]1CSC2=N[C@@H](c3ccccn3)[C@@H](c3ccc([N+](=O)[O-])cc3)N21. The summed E-state index contributed by atoms with van der Waals surface area (Å²) in [7, 11) is 0. The Hall–Kier alpha value is -2.41. The van der Waals surface area contributed by atoms with Crippen LogP contribution >= 0.6 is 11.8 Å².